The predicted molar refractivity (Wildman–Crippen MR) is 205 cm³/mol. The number of unbranched alkanes of at least 4 members (excludes halogenated alkanes) is 4. The number of allylic oxidation sites excluding steroid dienone is 4. The van der Waals surface area contributed by atoms with Crippen LogP contribution in [0.15, 0.2) is 114 Å². The Kier molecular flexibility index (Phi) is 10.1. The molecule has 1 atom stereocenters. The Hall–Kier alpha value is -4.08. The third kappa shape index (κ3) is 6.38. The smallest absolute Gasteiger partial charge is 0.0764 e. The molecule has 0 radical (unpaired) electrons. The van der Waals surface area contributed by atoms with E-state index in [4.69, 9.17) is 0 Å². The average molecular weight is 629 g/mol. The predicted octanol–water partition coefficient (Wildman–Crippen LogP) is 12.7. The Balaban J connectivity index is 1.43. The zero-order chi connectivity index (χ0) is 32.8. The fourth-order valence-corrected chi connectivity index (χ4v) is 8.20. The first kappa shape index (κ1) is 32.5. The van der Waals surface area contributed by atoms with Crippen LogP contribution in [0.5, 0.6) is 0 Å². The Labute approximate surface area is 290 Å². The van der Waals surface area contributed by atoms with Crippen molar-refractivity contribution in [3.63, 3.8) is 0 Å². The molecular formula is C48H52. The van der Waals surface area contributed by atoms with Crippen molar-refractivity contribution >= 4 is 11.1 Å². The zero-order valence-corrected chi connectivity index (χ0v) is 29.3. The molecule has 4 aromatic carbocycles. The van der Waals surface area contributed by atoms with E-state index >= 15 is 0 Å². The van der Waals surface area contributed by atoms with E-state index in [1.807, 2.05) is 0 Å². The van der Waals surface area contributed by atoms with Gasteiger partial charge in [-0.3, -0.25) is 0 Å². The zero-order valence-electron chi connectivity index (χ0n) is 29.3. The van der Waals surface area contributed by atoms with E-state index in [1.165, 1.54) is 122 Å². The summed E-state index contributed by atoms with van der Waals surface area (Å²) in [5.74, 6) is 8.48. The quantitative estimate of drug-likeness (QED) is 0.108. The van der Waals surface area contributed by atoms with Crippen molar-refractivity contribution in [2.45, 2.75) is 109 Å². The molecule has 1 unspecified atom stereocenters. The summed E-state index contributed by atoms with van der Waals surface area (Å²) in [4.78, 5) is 0. The number of fused-ring (bicyclic) bond motifs is 1. The minimum Gasteiger partial charge on any atom is -0.0764 e. The summed E-state index contributed by atoms with van der Waals surface area (Å²) in [5.41, 5.74) is 15.1. The van der Waals surface area contributed by atoms with Gasteiger partial charge in [0.1, 0.15) is 5.41 Å². The largest absolute Gasteiger partial charge is 0.108 e. The molecule has 3 aliphatic rings. The molecule has 0 N–H and O–H groups in total. The van der Waals surface area contributed by atoms with Crippen molar-refractivity contribution in [2.24, 2.45) is 5.92 Å². The molecule has 0 amide bonds. The highest BCUT2D eigenvalue weighted by molar-refractivity contribution is 6.01. The van der Waals surface area contributed by atoms with Crippen molar-refractivity contribution in [3.8, 4) is 11.8 Å². The second-order valence-corrected chi connectivity index (χ2v) is 14.5. The monoisotopic (exact) mass is 628 g/mol. The van der Waals surface area contributed by atoms with Crippen molar-refractivity contribution in [2.75, 3.05) is 0 Å². The van der Waals surface area contributed by atoms with Gasteiger partial charge in [-0.05, 0) is 126 Å². The van der Waals surface area contributed by atoms with Gasteiger partial charge in [0.25, 0.3) is 0 Å². The molecule has 0 saturated heterocycles. The molecule has 2 fully saturated rings. The van der Waals surface area contributed by atoms with Crippen LogP contribution in [0.1, 0.15) is 130 Å². The number of benzene rings is 4. The second kappa shape index (κ2) is 15.0. The van der Waals surface area contributed by atoms with E-state index in [-0.39, 0.29) is 0 Å². The fraction of sp³-hybridized carbons (Fsp3) is 0.375. The molecule has 48 heavy (non-hydrogen) atoms. The SMILES string of the molecule is CCCCCc1ccc(C#CC2(c3ccccc3)C(C(=C3CCC3)c3ccc(CCCCC)cc3)=C(C3CCC3)c3ccccc32)cc1. The van der Waals surface area contributed by atoms with Gasteiger partial charge in [0.15, 0.2) is 0 Å². The van der Waals surface area contributed by atoms with Gasteiger partial charge in [0, 0.05) is 5.56 Å². The summed E-state index contributed by atoms with van der Waals surface area (Å²) >= 11 is 0. The van der Waals surface area contributed by atoms with Gasteiger partial charge in [-0.15, -0.1) is 0 Å². The van der Waals surface area contributed by atoms with E-state index in [0.717, 1.165) is 18.4 Å². The maximum absolute atomic E-state index is 4.10. The summed E-state index contributed by atoms with van der Waals surface area (Å²) < 4.78 is 0. The lowest BCUT2D eigenvalue weighted by atomic mass is 9.65. The maximum Gasteiger partial charge on any atom is 0.108 e. The second-order valence-electron chi connectivity index (χ2n) is 14.5. The highest BCUT2D eigenvalue weighted by atomic mass is 14.5. The van der Waals surface area contributed by atoms with Crippen molar-refractivity contribution in [1.82, 2.24) is 0 Å². The summed E-state index contributed by atoms with van der Waals surface area (Å²) in [5, 5.41) is 0. The summed E-state index contributed by atoms with van der Waals surface area (Å²) in [6, 6.07) is 39.4. The summed E-state index contributed by atoms with van der Waals surface area (Å²) in [6.07, 6.45) is 17.4. The van der Waals surface area contributed by atoms with Crippen LogP contribution >= 0.6 is 0 Å². The van der Waals surface area contributed by atoms with Crippen molar-refractivity contribution in [1.29, 1.82) is 0 Å². The average Bonchev–Trinajstić information content (AvgIpc) is 3.36. The minimum absolute atomic E-state index is 0.541. The standard InChI is InChI=1S/C48H52/c1-3-5-8-16-36-26-28-38(29-27-36)34-35-48(42-22-10-7-11-23-42)44-25-13-12-24-43(44)46(40-20-15-21-40)47(48)45(39-18-14-19-39)41-32-30-37(31-33-41)17-9-6-4-2/h7,10-13,22-33,40H,3-6,8-9,14-21H2,1-2H3. The van der Waals surface area contributed by atoms with Gasteiger partial charge in [-0.2, -0.15) is 0 Å². The third-order valence-corrected chi connectivity index (χ3v) is 11.3. The molecule has 3 aliphatic carbocycles. The molecule has 0 spiro atoms. The lowest BCUT2D eigenvalue weighted by Crippen LogP contribution is -2.29. The highest BCUT2D eigenvalue weighted by Crippen LogP contribution is 2.60. The van der Waals surface area contributed by atoms with Crippen LogP contribution in [0, 0.1) is 17.8 Å². The Morgan fingerprint density at radius 3 is 1.88 bits per heavy atom. The Bertz CT molecular complexity index is 1810. The van der Waals surface area contributed by atoms with E-state index in [2.05, 4.69) is 129 Å². The van der Waals surface area contributed by atoms with Crippen LogP contribution in [-0.4, -0.2) is 0 Å². The van der Waals surface area contributed by atoms with Crippen molar-refractivity contribution in [3.05, 3.63) is 153 Å². The first-order valence-electron chi connectivity index (χ1n) is 19.1. The van der Waals surface area contributed by atoms with Crippen LogP contribution in [0.4, 0.5) is 0 Å². The molecule has 0 heteroatoms. The van der Waals surface area contributed by atoms with Crippen LogP contribution in [-0.2, 0) is 18.3 Å². The van der Waals surface area contributed by atoms with E-state index < -0.39 is 5.41 Å². The lowest BCUT2D eigenvalue weighted by Gasteiger charge is -2.36. The van der Waals surface area contributed by atoms with Gasteiger partial charge in [0.2, 0.25) is 0 Å². The molecule has 2 saturated carbocycles. The number of rotatable bonds is 12. The van der Waals surface area contributed by atoms with Gasteiger partial charge >= 0.3 is 0 Å². The Morgan fingerprint density at radius 2 is 1.29 bits per heavy atom. The minimum atomic E-state index is -0.541. The molecule has 0 nitrogen and oxygen atoms in total. The molecule has 0 heterocycles. The van der Waals surface area contributed by atoms with Gasteiger partial charge in [0.05, 0.1) is 0 Å². The first-order valence-corrected chi connectivity index (χ1v) is 19.1. The normalized spacial score (nSPS) is 18.5. The number of hydrogen-bond acceptors (Lipinski definition) is 0. The van der Waals surface area contributed by atoms with E-state index in [1.54, 1.807) is 11.1 Å². The Morgan fingerprint density at radius 1 is 0.667 bits per heavy atom. The van der Waals surface area contributed by atoms with Gasteiger partial charge in [-0.25, -0.2) is 0 Å². The lowest BCUT2D eigenvalue weighted by molar-refractivity contribution is 0.400. The van der Waals surface area contributed by atoms with E-state index in [9.17, 15) is 0 Å². The highest BCUT2D eigenvalue weighted by Gasteiger charge is 2.49. The van der Waals surface area contributed by atoms with Gasteiger partial charge < -0.3 is 0 Å². The first-order chi connectivity index (χ1) is 23.7. The number of aryl methyl sites for hydroxylation is 2. The van der Waals surface area contributed by atoms with Gasteiger partial charge in [-0.1, -0.05) is 154 Å². The fourth-order valence-electron chi connectivity index (χ4n) is 8.20. The van der Waals surface area contributed by atoms with Crippen LogP contribution < -0.4 is 0 Å². The molecule has 0 bridgehead atoms. The molecule has 244 valence electrons. The summed E-state index contributed by atoms with van der Waals surface area (Å²) in [6.45, 7) is 4.57. The number of hydrogen-bond donors (Lipinski definition) is 0. The van der Waals surface area contributed by atoms with Crippen LogP contribution in [0.3, 0.4) is 0 Å². The van der Waals surface area contributed by atoms with Crippen LogP contribution in [0.2, 0.25) is 0 Å². The van der Waals surface area contributed by atoms with Crippen molar-refractivity contribution < 1.29 is 0 Å². The van der Waals surface area contributed by atoms with Crippen LogP contribution in [0.25, 0.3) is 11.1 Å². The third-order valence-electron chi connectivity index (χ3n) is 11.3. The molecule has 0 aliphatic heterocycles. The molecular weight excluding hydrogens is 577 g/mol. The molecule has 0 aromatic heterocycles. The topological polar surface area (TPSA) is 0 Å². The van der Waals surface area contributed by atoms with E-state index in [0.29, 0.717) is 5.92 Å². The summed E-state index contributed by atoms with van der Waals surface area (Å²) in [7, 11) is 0. The maximum atomic E-state index is 4.10. The molecule has 4 aromatic rings. The molecule has 7 rings (SSSR count).